The monoisotopic (exact) mass is 472 g/mol. The van der Waals surface area contributed by atoms with Crippen LogP contribution in [-0.2, 0) is 27.1 Å². The molecule has 3 aromatic rings. The van der Waals surface area contributed by atoms with E-state index < -0.39 is 29.5 Å². The van der Waals surface area contributed by atoms with Gasteiger partial charge in [-0.2, -0.15) is 13.2 Å². The average molecular weight is 472 g/mol. The highest BCUT2D eigenvalue weighted by Gasteiger charge is 2.30. The number of esters is 1. The molecule has 0 saturated heterocycles. The molecule has 0 radical (unpaired) electrons. The van der Waals surface area contributed by atoms with Gasteiger partial charge >= 0.3 is 12.1 Å². The summed E-state index contributed by atoms with van der Waals surface area (Å²) in [7, 11) is 1.24. The number of rotatable bonds is 8. The van der Waals surface area contributed by atoms with E-state index >= 15 is 0 Å². The zero-order chi connectivity index (χ0) is 24.7. The number of hydrogen-bond acceptors (Lipinski definition) is 5. The molecule has 0 aliphatic rings. The van der Waals surface area contributed by atoms with Crippen molar-refractivity contribution in [1.29, 1.82) is 0 Å². The van der Waals surface area contributed by atoms with E-state index in [0.29, 0.717) is 16.9 Å². The molecule has 1 amide bonds. The van der Waals surface area contributed by atoms with E-state index in [4.69, 9.17) is 10.6 Å². The maximum Gasteiger partial charge on any atom is 0.416 e. The number of alkyl halides is 3. The van der Waals surface area contributed by atoms with E-state index in [1.54, 1.807) is 30.3 Å². The van der Waals surface area contributed by atoms with Crippen molar-refractivity contribution in [2.45, 2.75) is 25.1 Å². The molecule has 0 aliphatic heterocycles. The fourth-order valence-electron chi connectivity index (χ4n) is 3.37. The maximum absolute atomic E-state index is 12.8. The fourth-order valence-corrected chi connectivity index (χ4v) is 3.37. The molecule has 0 saturated carbocycles. The van der Waals surface area contributed by atoms with Crippen molar-refractivity contribution in [3.05, 3.63) is 89.5 Å². The number of methoxy groups -OCH3 is 1. The molecule has 3 N–H and O–H groups in total. The zero-order valence-corrected chi connectivity index (χ0v) is 18.3. The molecular weight excluding hydrogens is 449 g/mol. The number of carbonyl (C=O) groups is 2. The Labute approximate surface area is 194 Å². The topological polar surface area (TPSA) is 90.7 Å². The lowest BCUT2D eigenvalue weighted by molar-refractivity contribution is -0.142. The Morgan fingerprint density at radius 1 is 0.971 bits per heavy atom. The van der Waals surface area contributed by atoms with Gasteiger partial charge in [0.05, 0.1) is 25.0 Å². The van der Waals surface area contributed by atoms with Gasteiger partial charge in [-0.1, -0.05) is 42.5 Å². The molecule has 0 aliphatic carbocycles. The van der Waals surface area contributed by atoms with E-state index in [9.17, 15) is 22.8 Å². The van der Waals surface area contributed by atoms with E-state index in [1.807, 2.05) is 23.6 Å². The largest absolute Gasteiger partial charge is 0.489 e. The number of halogens is 3. The van der Waals surface area contributed by atoms with Crippen LogP contribution in [0.25, 0.3) is 11.1 Å². The first-order valence-electron chi connectivity index (χ1n) is 10.3. The van der Waals surface area contributed by atoms with Crippen LogP contribution in [0.4, 0.5) is 13.2 Å². The Hall–Kier alpha value is -3.85. The molecule has 178 valence electrons. The molecule has 9 heteroatoms. The Kier molecular flexibility index (Phi) is 7.91. The van der Waals surface area contributed by atoms with Gasteiger partial charge in [-0.3, -0.25) is 15.0 Å². The average Bonchev–Trinajstić information content (AvgIpc) is 2.85. The summed E-state index contributed by atoms with van der Waals surface area (Å²) in [5, 5.41) is 0. The third-order valence-electron chi connectivity index (χ3n) is 5.22. The highest BCUT2D eigenvalue weighted by molar-refractivity contribution is 5.87. The molecule has 3 aromatic carbocycles. The summed E-state index contributed by atoms with van der Waals surface area (Å²) in [4.78, 5) is 23.7. The minimum atomic E-state index is -4.38. The van der Waals surface area contributed by atoms with E-state index in [1.165, 1.54) is 19.2 Å². The van der Waals surface area contributed by atoms with Gasteiger partial charge in [0.1, 0.15) is 12.4 Å². The van der Waals surface area contributed by atoms with Crippen molar-refractivity contribution >= 4 is 11.9 Å². The Balaban J connectivity index is 1.68. The molecule has 6 nitrogen and oxygen atoms in total. The van der Waals surface area contributed by atoms with E-state index in [-0.39, 0.29) is 13.0 Å². The highest BCUT2D eigenvalue weighted by atomic mass is 19.4. The van der Waals surface area contributed by atoms with Crippen molar-refractivity contribution in [3.8, 4) is 16.9 Å². The molecule has 0 aromatic heterocycles. The standard InChI is InChI=1S/C25H23F3N2O4/c1-33-23(31)14-22(24(32)30-29)18-7-11-21(12-8-18)34-15-16-3-2-4-19(13-16)17-5-9-20(10-6-17)25(26,27)28/h2-13,22H,14-15,29H2,1H3,(H,30,32). The van der Waals surface area contributed by atoms with Crippen LogP contribution in [0.1, 0.15) is 29.0 Å². The second-order valence-corrected chi connectivity index (χ2v) is 7.47. The second kappa shape index (κ2) is 10.8. The van der Waals surface area contributed by atoms with Crippen LogP contribution < -0.4 is 16.0 Å². The summed E-state index contributed by atoms with van der Waals surface area (Å²) in [6, 6.07) is 18.9. The third kappa shape index (κ3) is 6.35. The molecule has 0 heterocycles. The van der Waals surface area contributed by atoms with Gasteiger partial charge in [0.25, 0.3) is 0 Å². The first-order valence-corrected chi connectivity index (χ1v) is 10.3. The lowest BCUT2D eigenvalue weighted by Crippen LogP contribution is -2.35. The van der Waals surface area contributed by atoms with Crippen LogP contribution in [0.5, 0.6) is 5.75 Å². The maximum atomic E-state index is 12.8. The number of carbonyl (C=O) groups excluding carboxylic acids is 2. The first kappa shape index (κ1) is 24.8. The molecular formula is C25H23F3N2O4. The summed E-state index contributed by atoms with van der Waals surface area (Å²) >= 11 is 0. The predicted octanol–water partition coefficient (Wildman–Crippen LogP) is 4.59. The van der Waals surface area contributed by atoms with Crippen molar-refractivity contribution in [1.82, 2.24) is 5.43 Å². The van der Waals surface area contributed by atoms with E-state index in [2.05, 4.69) is 4.74 Å². The summed E-state index contributed by atoms with van der Waals surface area (Å²) < 4.78 is 48.8. The van der Waals surface area contributed by atoms with Gasteiger partial charge in [0, 0.05) is 0 Å². The normalized spacial score (nSPS) is 12.0. The number of hydrogen-bond donors (Lipinski definition) is 2. The Morgan fingerprint density at radius 2 is 1.65 bits per heavy atom. The SMILES string of the molecule is COC(=O)CC(C(=O)NN)c1ccc(OCc2cccc(-c3ccc(C(F)(F)F)cc3)c2)cc1. The number of benzene rings is 3. The smallest absolute Gasteiger partial charge is 0.416 e. The van der Waals surface area contributed by atoms with Crippen molar-refractivity contribution in [2.24, 2.45) is 5.84 Å². The molecule has 1 unspecified atom stereocenters. The molecule has 3 rings (SSSR count). The summed E-state index contributed by atoms with van der Waals surface area (Å²) in [5.74, 6) is 3.91. The molecule has 0 bridgehead atoms. The van der Waals surface area contributed by atoms with Gasteiger partial charge in [0.2, 0.25) is 5.91 Å². The zero-order valence-electron chi connectivity index (χ0n) is 18.3. The fraction of sp³-hybridized carbons (Fsp3) is 0.200. The quantitative estimate of drug-likeness (QED) is 0.217. The molecule has 34 heavy (non-hydrogen) atoms. The summed E-state index contributed by atoms with van der Waals surface area (Å²) in [5.41, 5.74) is 4.18. The van der Waals surface area contributed by atoms with Gasteiger partial charge in [-0.15, -0.1) is 0 Å². The third-order valence-corrected chi connectivity index (χ3v) is 5.22. The van der Waals surface area contributed by atoms with Crippen LogP contribution in [0.15, 0.2) is 72.8 Å². The van der Waals surface area contributed by atoms with Crippen LogP contribution in [0, 0.1) is 0 Å². The molecule has 1 atom stereocenters. The van der Waals surface area contributed by atoms with Crippen molar-refractivity contribution in [3.63, 3.8) is 0 Å². The lowest BCUT2D eigenvalue weighted by Gasteiger charge is -2.15. The summed E-state index contributed by atoms with van der Waals surface area (Å²) in [6.07, 6.45) is -4.53. The highest BCUT2D eigenvalue weighted by Crippen LogP contribution is 2.31. The van der Waals surface area contributed by atoms with Gasteiger partial charge in [0.15, 0.2) is 0 Å². The van der Waals surface area contributed by atoms with Crippen molar-refractivity contribution < 1.29 is 32.2 Å². The van der Waals surface area contributed by atoms with E-state index in [0.717, 1.165) is 23.3 Å². The van der Waals surface area contributed by atoms with Crippen LogP contribution in [0.3, 0.4) is 0 Å². The van der Waals surface area contributed by atoms with Gasteiger partial charge in [-0.25, -0.2) is 5.84 Å². The van der Waals surface area contributed by atoms with Crippen LogP contribution in [-0.4, -0.2) is 19.0 Å². The molecule has 0 spiro atoms. The Morgan fingerprint density at radius 3 is 2.24 bits per heavy atom. The van der Waals surface area contributed by atoms with Crippen LogP contribution in [0.2, 0.25) is 0 Å². The molecule has 0 fully saturated rings. The predicted molar refractivity (Wildman–Crippen MR) is 119 cm³/mol. The summed E-state index contributed by atoms with van der Waals surface area (Å²) in [6.45, 7) is 0.225. The number of nitrogens with two attached hydrogens (primary N) is 1. The number of ether oxygens (including phenoxy) is 2. The van der Waals surface area contributed by atoms with Gasteiger partial charge in [-0.05, 0) is 52.6 Å². The van der Waals surface area contributed by atoms with Crippen molar-refractivity contribution in [2.75, 3.05) is 7.11 Å². The number of hydrazine groups is 1. The minimum absolute atomic E-state index is 0.156. The lowest BCUT2D eigenvalue weighted by atomic mass is 9.95. The second-order valence-electron chi connectivity index (χ2n) is 7.47. The van der Waals surface area contributed by atoms with Gasteiger partial charge < -0.3 is 9.47 Å². The number of nitrogens with one attached hydrogen (secondary N) is 1. The van der Waals surface area contributed by atoms with Crippen LogP contribution >= 0.6 is 0 Å². The minimum Gasteiger partial charge on any atom is -0.489 e. The first-order chi connectivity index (χ1) is 16.2. The Bertz CT molecular complexity index is 1130. The number of amides is 1.